The predicted molar refractivity (Wildman–Crippen MR) is 72.3 cm³/mol. The molecule has 1 fully saturated rings. The van der Waals surface area contributed by atoms with Gasteiger partial charge < -0.3 is 4.74 Å². The Morgan fingerprint density at radius 1 is 1.45 bits per heavy atom. The van der Waals surface area contributed by atoms with Crippen LogP contribution in [-0.2, 0) is 11.8 Å². The van der Waals surface area contributed by atoms with Gasteiger partial charge in [-0.1, -0.05) is 0 Å². The molecule has 104 valence electrons. The van der Waals surface area contributed by atoms with E-state index in [1.807, 2.05) is 13.1 Å². The molecule has 0 aromatic carbocycles. The fraction of sp³-hybridized carbons (Fsp3) is 0.429. The maximum absolute atomic E-state index is 11.5. The molecule has 2 heterocycles. The lowest BCUT2D eigenvalue weighted by Crippen LogP contribution is -2.03. The number of rotatable bonds is 3. The van der Waals surface area contributed by atoms with Crippen molar-refractivity contribution in [1.29, 1.82) is 0 Å². The van der Waals surface area contributed by atoms with Crippen LogP contribution in [0.25, 0.3) is 11.4 Å². The second-order valence-corrected chi connectivity index (χ2v) is 5.06. The number of nitrogens with zero attached hydrogens (tertiary/aromatic N) is 4. The summed E-state index contributed by atoms with van der Waals surface area (Å²) in [5, 5.41) is 4.17. The largest absolute Gasteiger partial charge is 0.464 e. The Kier molecular flexibility index (Phi) is 3.00. The summed E-state index contributed by atoms with van der Waals surface area (Å²) >= 11 is 0. The Morgan fingerprint density at radius 3 is 2.85 bits per heavy atom. The standard InChI is InChI=1S/C14H16N4O2/c1-8-7-15-13(9-4-5-9)16-12(8)11-6-10(14(19)20-3)17-18(11)2/h6-7,9H,4-5H2,1-3H3. The van der Waals surface area contributed by atoms with E-state index in [4.69, 9.17) is 4.74 Å². The maximum atomic E-state index is 11.5. The van der Waals surface area contributed by atoms with Crippen molar-refractivity contribution < 1.29 is 9.53 Å². The first-order valence-corrected chi connectivity index (χ1v) is 6.56. The van der Waals surface area contributed by atoms with Crippen LogP contribution in [0.5, 0.6) is 0 Å². The summed E-state index contributed by atoms with van der Waals surface area (Å²) in [6, 6.07) is 1.71. The number of carbonyl (C=O) groups excluding carboxylic acids is 1. The molecule has 0 amide bonds. The van der Waals surface area contributed by atoms with Gasteiger partial charge in [-0.3, -0.25) is 4.68 Å². The van der Waals surface area contributed by atoms with Gasteiger partial charge in [0.05, 0.1) is 18.5 Å². The summed E-state index contributed by atoms with van der Waals surface area (Å²) in [6.07, 6.45) is 4.14. The Morgan fingerprint density at radius 2 is 2.20 bits per heavy atom. The molecule has 1 aliphatic rings. The molecule has 0 N–H and O–H groups in total. The Hall–Kier alpha value is -2.24. The second kappa shape index (κ2) is 4.70. The summed E-state index contributed by atoms with van der Waals surface area (Å²) in [5.41, 5.74) is 2.88. The smallest absolute Gasteiger partial charge is 0.358 e. The molecule has 1 aliphatic carbocycles. The number of aryl methyl sites for hydroxylation is 2. The van der Waals surface area contributed by atoms with E-state index in [9.17, 15) is 4.79 Å². The van der Waals surface area contributed by atoms with Crippen LogP contribution in [0, 0.1) is 6.92 Å². The van der Waals surface area contributed by atoms with Crippen molar-refractivity contribution in [3.63, 3.8) is 0 Å². The molecule has 6 nitrogen and oxygen atoms in total. The maximum Gasteiger partial charge on any atom is 0.358 e. The molecule has 0 bridgehead atoms. The first kappa shape index (κ1) is 12.8. The van der Waals surface area contributed by atoms with Crippen molar-refractivity contribution in [1.82, 2.24) is 19.7 Å². The molecule has 1 saturated carbocycles. The summed E-state index contributed by atoms with van der Waals surface area (Å²) < 4.78 is 6.35. The molecule has 0 atom stereocenters. The van der Waals surface area contributed by atoms with E-state index in [1.54, 1.807) is 17.8 Å². The van der Waals surface area contributed by atoms with Crippen molar-refractivity contribution in [2.45, 2.75) is 25.7 Å². The third kappa shape index (κ3) is 2.17. The predicted octanol–water partition coefficient (Wildman–Crippen LogP) is 1.85. The van der Waals surface area contributed by atoms with E-state index in [0.29, 0.717) is 5.92 Å². The van der Waals surface area contributed by atoms with Crippen molar-refractivity contribution in [2.24, 2.45) is 7.05 Å². The van der Waals surface area contributed by atoms with Gasteiger partial charge in [0.25, 0.3) is 0 Å². The van der Waals surface area contributed by atoms with Gasteiger partial charge in [0.1, 0.15) is 5.82 Å². The zero-order valence-corrected chi connectivity index (χ0v) is 11.8. The highest BCUT2D eigenvalue weighted by Gasteiger charge is 2.27. The van der Waals surface area contributed by atoms with Gasteiger partial charge in [-0.25, -0.2) is 14.8 Å². The summed E-state index contributed by atoms with van der Waals surface area (Å²) in [7, 11) is 3.14. The van der Waals surface area contributed by atoms with Crippen molar-refractivity contribution in [3.05, 3.63) is 29.3 Å². The first-order chi connectivity index (χ1) is 9.60. The SMILES string of the molecule is COC(=O)c1cc(-c2nc(C3CC3)ncc2C)n(C)n1. The van der Waals surface area contributed by atoms with E-state index in [2.05, 4.69) is 15.1 Å². The third-order valence-electron chi connectivity index (χ3n) is 3.45. The average molecular weight is 272 g/mol. The van der Waals surface area contributed by atoms with Crippen LogP contribution >= 0.6 is 0 Å². The molecule has 2 aromatic heterocycles. The zero-order valence-electron chi connectivity index (χ0n) is 11.8. The Labute approximate surface area is 116 Å². The van der Waals surface area contributed by atoms with E-state index in [0.717, 1.165) is 35.6 Å². The van der Waals surface area contributed by atoms with Crippen LogP contribution in [0.3, 0.4) is 0 Å². The summed E-state index contributed by atoms with van der Waals surface area (Å²) in [4.78, 5) is 20.6. The third-order valence-corrected chi connectivity index (χ3v) is 3.45. The Balaban J connectivity index is 2.05. The Bertz CT molecular complexity index is 674. The second-order valence-electron chi connectivity index (χ2n) is 5.06. The van der Waals surface area contributed by atoms with Crippen molar-refractivity contribution >= 4 is 5.97 Å². The number of carbonyl (C=O) groups is 1. The number of hydrogen-bond donors (Lipinski definition) is 0. The molecule has 0 aliphatic heterocycles. The van der Waals surface area contributed by atoms with Gasteiger partial charge in [-0.15, -0.1) is 0 Å². The molecule has 6 heteroatoms. The number of methoxy groups -OCH3 is 1. The van der Waals surface area contributed by atoms with Gasteiger partial charge in [-0.05, 0) is 25.3 Å². The topological polar surface area (TPSA) is 69.9 Å². The molecule has 20 heavy (non-hydrogen) atoms. The molecule has 0 spiro atoms. The van der Waals surface area contributed by atoms with Gasteiger partial charge in [0.2, 0.25) is 0 Å². The van der Waals surface area contributed by atoms with Crippen LogP contribution in [0.1, 0.15) is 40.6 Å². The number of esters is 1. The fourth-order valence-corrected chi connectivity index (χ4v) is 2.15. The monoisotopic (exact) mass is 272 g/mol. The van der Waals surface area contributed by atoms with Crippen molar-refractivity contribution in [2.75, 3.05) is 7.11 Å². The highest BCUT2D eigenvalue weighted by atomic mass is 16.5. The lowest BCUT2D eigenvalue weighted by molar-refractivity contribution is 0.0593. The molecule has 2 aromatic rings. The highest BCUT2D eigenvalue weighted by molar-refractivity contribution is 5.88. The average Bonchev–Trinajstić information content (AvgIpc) is 3.22. The van der Waals surface area contributed by atoms with Crippen LogP contribution in [-0.4, -0.2) is 32.8 Å². The summed E-state index contributed by atoms with van der Waals surface area (Å²) in [5.74, 6) is 0.926. The fourth-order valence-electron chi connectivity index (χ4n) is 2.15. The van der Waals surface area contributed by atoms with Crippen LogP contribution in [0.4, 0.5) is 0 Å². The molecule has 0 radical (unpaired) electrons. The minimum absolute atomic E-state index is 0.288. The lowest BCUT2D eigenvalue weighted by atomic mass is 10.2. The van der Waals surface area contributed by atoms with Gasteiger partial charge in [0, 0.05) is 25.2 Å². The van der Waals surface area contributed by atoms with E-state index >= 15 is 0 Å². The molecule has 3 rings (SSSR count). The van der Waals surface area contributed by atoms with Gasteiger partial charge >= 0.3 is 5.97 Å². The molecule has 0 saturated heterocycles. The van der Waals surface area contributed by atoms with Gasteiger partial charge in [0.15, 0.2) is 5.69 Å². The van der Waals surface area contributed by atoms with Gasteiger partial charge in [-0.2, -0.15) is 5.10 Å². The highest BCUT2D eigenvalue weighted by Crippen LogP contribution is 2.38. The lowest BCUT2D eigenvalue weighted by Gasteiger charge is -2.06. The first-order valence-electron chi connectivity index (χ1n) is 6.56. The van der Waals surface area contributed by atoms with Crippen LogP contribution < -0.4 is 0 Å². The zero-order chi connectivity index (χ0) is 14.3. The number of hydrogen-bond acceptors (Lipinski definition) is 5. The minimum atomic E-state index is -0.444. The quantitative estimate of drug-likeness (QED) is 0.797. The molecular weight excluding hydrogens is 256 g/mol. The summed E-state index contributed by atoms with van der Waals surface area (Å²) in [6.45, 7) is 1.96. The molecule has 0 unspecified atom stereocenters. The van der Waals surface area contributed by atoms with E-state index < -0.39 is 5.97 Å². The normalized spacial score (nSPS) is 14.3. The van der Waals surface area contributed by atoms with Crippen LogP contribution in [0.15, 0.2) is 12.3 Å². The van der Waals surface area contributed by atoms with E-state index in [1.165, 1.54) is 7.11 Å². The van der Waals surface area contributed by atoms with Crippen LogP contribution in [0.2, 0.25) is 0 Å². The number of aromatic nitrogens is 4. The van der Waals surface area contributed by atoms with E-state index in [-0.39, 0.29) is 5.69 Å². The minimum Gasteiger partial charge on any atom is -0.464 e. The number of ether oxygens (including phenoxy) is 1. The molecular formula is C14H16N4O2. The van der Waals surface area contributed by atoms with Crippen molar-refractivity contribution in [3.8, 4) is 11.4 Å².